The number of hydrogen-bond donors (Lipinski definition) is 2. The molecule has 2 unspecified atom stereocenters. The van der Waals surface area contributed by atoms with Crippen molar-refractivity contribution in [1.82, 2.24) is 5.32 Å². The lowest BCUT2D eigenvalue weighted by molar-refractivity contribution is 0.00457. The van der Waals surface area contributed by atoms with Crippen molar-refractivity contribution in [3.8, 4) is 0 Å². The molecule has 0 saturated carbocycles. The molecule has 0 radical (unpaired) electrons. The van der Waals surface area contributed by atoms with Crippen LogP contribution in [-0.2, 0) is 12.0 Å². The van der Waals surface area contributed by atoms with Gasteiger partial charge < -0.3 is 10.4 Å². The minimum Gasteiger partial charge on any atom is -0.384 e. The molecule has 2 atom stereocenters. The summed E-state index contributed by atoms with van der Waals surface area (Å²) in [5.74, 6) is 0. The Bertz CT molecular complexity index is 409. The fourth-order valence-electron chi connectivity index (χ4n) is 3.23. The third kappa shape index (κ3) is 1.40. The summed E-state index contributed by atoms with van der Waals surface area (Å²) in [4.78, 5) is 0. The quantitative estimate of drug-likeness (QED) is 0.753. The third-order valence-electron chi connectivity index (χ3n) is 4.14. The van der Waals surface area contributed by atoms with E-state index >= 15 is 0 Å². The van der Waals surface area contributed by atoms with Crippen LogP contribution in [0.4, 0.5) is 0 Å². The smallest absolute Gasteiger partial charge is 0.105 e. The Kier molecular flexibility index (Phi) is 2.30. The fraction of sp³-hybridized carbons (Fsp3) is 0.571. The summed E-state index contributed by atoms with van der Waals surface area (Å²) in [6.45, 7) is 3.15. The molecule has 1 aromatic rings. The predicted octanol–water partition coefficient (Wildman–Crippen LogP) is 1.88. The Morgan fingerprint density at radius 1 is 1.44 bits per heavy atom. The second-order valence-corrected chi connectivity index (χ2v) is 5.23. The van der Waals surface area contributed by atoms with Gasteiger partial charge in [0.05, 0.1) is 0 Å². The zero-order valence-electron chi connectivity index (χ0n) is 9.79. The van der Waals surface area contributed by atoms with Crippen molar-refractivity contribution in [2.75, 3.05) is 6.54 Å². The average molecular weight is 217 g/mol. The first-order chi connectivity index (χ1) is 7.70. The molecular formula is C14H19NO. The molecule has 0 aromatic heterocycles. The Labute approximate surface area is 96.7 Å². The summed E-state index contributed by atoms with van der Waals surface area (Å²) in [5, 5.41) is 14.4. The van der Waals surface area contributed by atoms with Crippen LogP contribution in [0.3, 0.4) is 0 Å². The van der Waals surface area contributed by atoms with Gasteiger partial charge in [-0.1, -0.05) is 23.8 Å². The summed E-state index contributed by atoms with van der Waals surface area (Å²) in [6, 6.07) is 6.75. The lowest BCUT2D eigenvalue weighted by Crippen LogP contribution is -2.43. The SMILES string of the molecule is Cc1ccc2c(c1)C(O)(C1CCCN1)CC2. The zero-order valence-corrected chi connectivity index (χ0v) is 9.79. The highest BCUT2D eigenvalue weighted by atomic mass is 16.3. The number of fused-ring (bicyclic) bond motifs is 1. The predicted molar refractivity (Wildman–Crippen MR) is 64.4 cm³/mol. The second-order valence-electron chi connectivity index (χ2n) is 5.23. The first-order valence-electron chi connectivity index (χ1n) is 6.26. The highest BCUT2D eigenvalue weighted by Gasteiger charge is 2.44. The molecule has 1 aliphatic heterocycles. The summed E-state index contributed by atoms with van der Waals surface area (Å²) in [6.07, 6.45) is 4.19. The van der Waals surface area contributed by atoms with Crippen LogP contribution in [0, 0.1) is 6.92 Å². The molecule has 16 heavy (non-hydrogen) atoms. The van der Waals surface area contributed by atoms with Crippen LogP contribution in [-0.4, -0.2) is 17.7 Å². The monoisotopic (exact) mass is 217 g/mol. The van der Waals surface area contributed by atoms with Crippen molar-refractivity contribution in [3.63, 3.8) is 0 Å². The molecule has 1 aliphatic carbocycles. The lowest BCUT2D eigenvalue weighted by atomic mass is 9.86. The topological polar surface area (TPSA) is 32.3 Å². The van der Waals surface area contributed by atoms with E-state index in [0.717, 1.165) is 25.8 Å². The van der Waals surface area contributed by atoms with Gasteiger partial charge in [-0.3, -0.25) is 0 Å². The number of nitrogens with one attached hydrogen (secondary N) is 1. The van der Waals surface area contributed by atoms with Gasteiger partial charge in [0.1, 0.15) is 5.60 Å². The first-order valence-corrected chi connectivity index (χ1v) is 6.26. The lowest BCUT2D eigenvalue weighted by Gasteiger charge is -2.31. The molecule has 2 heteroatoms. The molecule has 0 spiro atoms. The van der Waals surface area contributed by atoms with E-state index in [1.165, 1.54) is 23.1 Å². The molecule has 1 saturated heterocycles. The molecule has 1 aromatic carbocycles. The van der Waals surface area contributed by atoms with Gasteiger partial charge in [-0.05, 0) is 50.3 Å². The Hall–Kier alpha value is -0.860. The van der Waals surface area contributed by atoms with Gasteiger partial charge in [-0.25, -0.2) is 0 Å². The summed E-state index contributed by atoms with van der Waals surface area (Å²) < 4.78 is 0. The van der Waals surface area contributed by atoms with Gasteiger partial charge >= 0.3 is 0 Å². The minimum atomic E-state index is -0.613. The zero-order chi connectivity index (χ0) is 11.2. The van der Waals surface area contributed by atoms with Crippen LogP contribution in [0.2, 0.25) is 0 Å². The molecule has 3 rings (SSSR count). The number of aryl methyl sites for hydroxylation is 2. The number of benzene rings is 1. The van der Waals surface area contributed by atoms with Crippen LogP contribution < -0.4 is 5.32 Å². The molecule has 2 N–H and O–H groups in total. The maximum Gasteiger partial charge on any atom is 0.105 e. The maximum atomic E-state index is 10.9. The van der Waals surface area contributed by atoms with Crippen molar-refractivity contribution in [1.29, 1.82) is 0 Å². The summed E-state index contributed by atoms with van der Waals surface area (Å²) in [7, 11) is 0. The molecule has 86 valence electrons. The highest BCUT2D eigenvalue weighted by Crippen LogP contribution is 2.42. The van der Waals surface area contributed by atoms with Crippen LogP contribution in [0.1, 0.15) is 36.0 Å². The molecular weight excluding hydrogens is 198 g/mol. The van der Waals surface area contributed by atoms with E-state index in [0.29, 0.717) is 0 Å². The fourth-order valence-corrected chi connectivity index (χ4v) is 3.23. The van der Waals surface area contributed by atoms with Crippen LogP contribution in [0.5, 0.6) is 0 Å². The standard InChI is InChI=1S/C14H19NO/c1-10-4-5-11-6-7-14(16,12(11)9-10)13-3-2-8-15-13/h4-5,9,13,15-16H,2-3,6-8H2,1H3. The van der Waals surface area contributed by atoms with Crippen molar-refractivity contribution in [3.05, 3.63) is 34.9 Å². The normalized spacial score (nSPS) is 33.0. The second kappa shape index (κ2) is 3.57. The number of hydrogen-bond acceptors (Lipinski definition) is 2. The largest absolute Gasteiger partial charge is 0.384 e. The number of aliphatic hydroxyl groups is 1. The van der Waals surface area contributed by atoms with Crippen molar-refractivity contribution < 1.29 is 5.11 Å². The molecule has 2 aliphatic rings. The summed E-state index contributed by atoms with van der Waals surface area (Å²) >= 11 is 0. The van der Waals surface area contributed by atoms with Crippen LogP contribution >= 0.6 is 0 Å². The van der Waals surface area contributed by atoms with Gasteiger partial charge in [0.15, 0.2) is 0 Å². The van der Waals surface area contributed by atoms with E-state index in [4.69, 9.17) is 0 Å². The van der Waals surface area contributed by atoms with Gasteiger partial charge in [0.2, 0.25) is 0 Å². The molecule has 0 amide bonds. The Balaban J connectivity index is 2.02. The molecule has 0 bridgehead atoms. The Morgan fingerprint density at radius 3 is 3.06 bits per heavy atom. The molecule has 1 heterocycles. The van der Waals surface area contributed by atoms with E-state index in [1.54, 1.807) is 0 Å². The van der Waals surface area contributed by atoms with E-state index in [9.17, 15) is 5.11 Å². The van der Waals surface area contributed by atoms with Gasteiger partial charge in [0.25, 0.3) is 0 Å². The van der Waals surface area contributed by atoms with Gasteiger partial charge in [-0.15, -0.1) is 0 Å². The van der Waals surface area contributed by atoms with Crippen molar-refractivity contribution >= 4 is 0 Å². The van der Waals surface area contributed by atoms with E-state index < -0.39 is 5.60 Å². The summed E-state index contributed by atoms with van der Waals surface area (Å²) in [5.41, 5.74) is 3.14. The average Bonchev–Trinajstić information content (AvgIpc) is 2.88. The van der Waals surface area contributed by atoms with Crippen LogP contribution in [0.15, 0.2) is 18.2 Å². The van der Waals surface area contributed by atoms with E-state index in [2.05, 4.69) is 30.4 Å². The highest BCUT2D eigenvalue weighted by molar-refractivity contribution is 5.41. The Morgan fingerprint density at radius 2 is 2.31 bits per heavy atom. The first kappa shape index (κ1) is 10.3. The van der Waals surface area contributed by atoms with Crippen molar-refractivity contribution in [2.45, 2.75) is 44.2 Å². The third-order valence-corrected chi connectivity index (χ3v) is 4.14. The van der Waals surface area contributed by atoms with Gasteiger partial charge in [0, 0.05) is 6.04 Å². The van der Waals surface area contributed by atoms with Crippen LogP contribution in [0.25, 0.3) is 0 Å². The molecule has 1 fully saturated rings. The van der Waals surface area contributed by atoms with E-state index in [-0.39, 0.29) is 6.04 Å². The molecule has 2 nitrogen and oxygen atoms in total. The maximum absolute atomic E-state index is 10.9. The minimum absolute atomic E-state index is 0.260. The van der Waals surface area contributed by atoms with E-state index in [1.807, 2.05) is 0 Å². The number of rotatable bonds is 1. The van der Waals surface area contributed by atoms with Crippen molar-refractivity contribution in [2.24, 2.45) is 0 Å². The van der Waals surface area contributed by atoms with Gasteiger partial charge in [-0.2, -0.15) is 0 Å².